The molecule has 1 heterocycles. The standard InChI is InChI=1S/C18H21N5O2S/c1-3-25-15-7-5-14(6-8-15)23(10-4-9-19)17(24)12-26-18-21-13(2)11-16(20)22-18/h5-8,11H,3-4,10,12H2,1-2H3,(H2,20,21,22). The van der Waals surface area contributed by atoms with Gasteiger partial charge in [0.05, 0.1) is 24.8 Å². The van der Waals surface area contributed by atoms with Gasteiger partial charge < -0.3 is 15.4 Å². The number of thioether (sulfide) groups is 1. The number of nitrogens with zero attached hydrogens (tertiary/aromatic N) is 4. The summed E-state index contributed by atoms with van der Waals surface area (Å²) in [5, 5.41) is 9.34. The van der Waals surface area contributed by atoms with Crippen molar-refractivity contribution in [1.29, 1.82) is 5.26 Å². The second-order valence-electron chi connectivity index (χ2n) is 5.39. The van der Waals surface area contributed by atoms with Gasteiger partial charge in [-0.05, 0) is 38.1 Å². The molecule has 7 nitrogen and oxygen atoms in total. The van der Waals surface area contributed by atoms with Crippen LogP contribution in [0, 0.1) is 18.3 Å². The molecule has 0 radical (unpaired) electrons. The predicted octanol–water partition coefficient (Wildman–Crippen LogP) is 2.80. The number of carbonyl (C=O) groups excluding carboxylic acids is 1. The van der Waals surface area contributed by atoms with Crippen LogP contribution in [0.25, 0.3) is 0 Å². The smallest absolute Gasteiger partial charge is 0.237 e. The Bertz CT molecular complexity index is 769. The van der Waals surface area contributed by atoms with Crippen LogP contribution in [-0.2, 0) is 4.79 Å². The molecule has 0 aliphatic heterocycles. The van der Waals surface area contributed by atoms with Crippen LogP contribution < -0.4 is 15.4 Å². The lowest BCUT2D eigenvalue weighted by atomic mass is 10.2. The molecule has 0 atom stereocenters. The van der Waals surface area contributed by atoms with Gasteiger partial charge in [0, 0.05) is 24.0 Å². The maximum absolute atomic E-state index is 12.7. The van der Waals surface area contributed by atoms with Gasteiger partial charge in [0.1, 0.15) is 11.6 Å². The van der Waals surface area contributed by atoms with Crippen molar-refractivity contribution >= 4 is 29.2 Å². The zero-order valence-corrected chi connectivity index (χ0v) is 15.6. The minimum Gasteiger partial charge on any atom is -0.494 e. The monoisotopic (exact) mass is 371 g/mol. The Labute approximate surface area is 157 Å². The first kappa shape index (κ1) is 19.5. The van der Waals surface area contributed by atoms with Gasteiger partial charge in [-0.2, -0.15) is 5.26 Å². The number of rotatable bonds is 8. The number of benzene rings is 1. The van der Waals surface area contributed by atoms with Gasteiger partial charge in [-0.3, -0.25) is 4.79 Å². The summed E-state index contributed by atoms with van der Waals surface area (Å²) >= 11 is 1.22. The van der Waals surface area contributed by atoms with Crippen LogP contribution in [0.15, 0.2) is 35.5 Å². The van der Waals surface area contributed by atoms with Crippen molar-refractivity contribution in [1.82, 2.24) is 9.97 Å². The minimum absolute atomic E-state index is 0.127. The highest BCUT2D eigenvalue weighted by Gasteiger charge is 2.17. The second kappa shape index (κ2) is 9.63. The molecule has 1 aromatic carbocycles. The SMILES string of the molecule is CCOc1ccc(N(CCC#N)C(=O)CSc2nc(C)cc(N)n2)cc1. The van der Waals surface area contributed by atoms with Crippen molar-refractivity contribution < 1.29 is 9.53 Å². The number of anilines is 2. The molecule has 2 N–H and O–H groups in total. The Morgan fingerprint density at radius 3 is 2.69 bits per heavy atom. The molecule has 0 aliphatic carbocycles. The molecule has 8 heteroatoms. The molecular formula is C18H21N5O2S. The van der Waals surface area contributed by atoms with Crippen LogP contribution in [0.4, 0.5) is 11.5 Å². The van der Waals surface area contributed by atoms with Crippen LogP contribution in [-0.4, -0.2) is 34.8 Å². The third-order valence-electron chi connectivity index (χ3n) is 3.39. The van der Waals surface area contributed by atoms with Crippen LogP contribution in [0.1, 0.15) is 19.0 Å². The predicted molar refractivity (Wildman–Crippen MR) is 102 cm³/mol. The third-order valence-corrected chi connectivity index (χ3v) is 4.22. The van der Waals surface area contributed by atoms with E-state index in [1.54, 1.807) is 11.0 Å². The van der Waals surface area contributed by atoms with Crippen LogP contribution in [0.2, 0.25) is 0 Å². The number of aryl methyl sites for hydroxylation is 1. The van der Waals surface area contributed by atoms with Gasteiger partial charge in [0.15, 0.2) is 5.16 Å². The highest BCUT2D eigenvalue weighted by atomic mass is 32.2. The first-order valence-corrected chi connectivity index (χ1v) is 9.16. The van der Waals surface area contributed by atoms with Gasteiger partial charge in [-0.15, -0.1) is 0 Å². The van der Waals surface area contributed by atoms with E-state index in [2.05, 4.69) is 16.0 Å². The molecule has 2 rings (SSSR count). The lowest BCUT2D eigenvalue weighted by Crippen LogP contribution is -2.33. The third kappa shape index (κ3) is 5.63. The van der Waals surface area contributed by atoms with E-state index in [4.69, 9.17) is 15.7 Å². The number of amides is 1. The van der Waals surface area contributed by atoms with Crippen molar-refractivity contribution in [2.45, 2.75) is 25.4 Å². The fraction of sp³-hybridized carbons (Fsp3) is 0.333. The van der Waals surface area contributed by atoms with E-state index in [0.717, 1.165) is 17.1 Å². The Morgan fingerprint density at radius 2 is 2.08 bits per heavy atom. The molecule has 1 amide bonds. The van der Waals surface area contributed by atoms with E-state index in [-0.39, 0.29) is 18.1 Å². The number of aromatic nitrogens is 2. The maximum atomic E-state index is 12.7. The molecule has 0 bridgehead atoms. The molecule has 1 aromatic heterocycles. The Balaban J connectivity index is 2.09. The molecule has 0 saturated heterocycles. The molecule has 0 unspecified atom stereocenters. The van der Waals surface area contributed by atoms with Crippen molar-refractivity contribution in [3.8, 4) is 11.8 Å². The zero-order valence-electron chi connectivity index (χ0n) is 14.8. The molecule has 0 saturated carbocycles. The number of nitrogen functional groups attached to an aromatic ring is 1. The van der Waals surface area contributed by atoms with E-state index in [9.17, 15) is 4.79 Å². The molecular weight excluding hydrogens is 350 g/mol. The van der Waals surface area contributed by atoms with Crippen molar-refractivity contribution in [2.24, 2.45) is 0 Å². The number of carbonyl (C=O) groups is 1. The minimum atomic E-state index is -0.127. The van der Waals surface area contributed by atoms with Gasteiger partial charge >= 0.3 is 0 Å². The van der Waals surface area contributed by atoms with E-state index >= 15 is 0 Å². The average molecular weight is 371 g/mol. The second-order valence-corrected chi connectivity index (χ2v) is 6.33. The normalized spacial score (nSPS) is 10.2. The Kier molecular flexibility index (Phi) is 7.24. The van der Waals surface area contributed by atoms with Gasteiger partial charge in [-0.25, -0.2) is 9.97 Å². The Hall–Kier alpha value is -2.79. The van der Waals surface area contributed by atoms with E-state index in [1.165, 1.54) is 11.8 Å². The van der Waals surface area contributed by atoms with Crippen LogP contribution >= 0.6 is 11.8 Å². The molecule has 2 aromatic rings. The summed E-state index contributed by atoms with van der Waals surface area (Å²) in [5.74, 6) is 1.14. The highest BCUT2D eigenvalue weighted by molar-refractivity contribution is 7.99. The Morgan fingerprint density at radius 1 is 1.35 bits per heavy atom. The number of nitriles is 1. The maximum Gasteiger partial charge on any atom is 0.237 e. The zero-order chi connectivity index (χ0) is 18.9. The van der Waals surface area contributed by atoms with Gasteiger partial charge in [-0.1, -0.05) is 11.8 Å². The van der Waals surface area contributed by atoms with Crippen molar-refractivity contribution in [3.05, 3.63) is 36.0 Å². The lowest BCUT2D eigenvalue weighted by molar-refractivity contribution is -0.116. The number of nitrogens with two attached hydrogens (primary N) is 1. The van der Waals surface area contributed by atoms with Crippen molar-refractivity contribution in [2.75, 3.05) is 29.5 Å². The van der Waals surface area contributed by atoms with Crippen molar-refractivity contribution in [3.63, 3.8) is 0 Å². The van der Waals surface area contributed by atoms with Crippen LogP contribution in [0.3, 0.4) is 0 Å². The summed E-state index contributed by atoms with van der Waals surface area (Å²) < 4.78 is 5.42. The van der Waals surface area contributed by atoms with Gasteiger partial charge in [0.2, 0.25) is 5.91 Å². The topological polar surface area (TPSA) is 105 Å². The summed E-state index contributed by atoms with van der Waals surface area (Å²) in [6.07, 6.45) is 0.248. The molecule has 0 spiro atoms. The summed E-state index contributed by atoms with van der Waals surface area (Å²) in [5.41, 5.74) is 7.19. The fourth-order valence-electron chi connectivity index (χ4n) is 2.28. The first-order chi connectivity index (χ1) is 12.5. The van der Waals surface area contributed by atoms with Gasteiger partial charge in [0.25, 0.3) is 0 Å². The quantitative estimate of drug-likeness (QED) is 0.562. The van der Waals surface area contributed by atoms with E-state index in [0.29, 0.717) is 24.1 Å². The number of ether oxygens (including phenoxy) is 1. The average Bonchev–Trinajstić information content (AvgIpc) is 2.61. The fourth-order valence-corrected chi connectivity index (χ4v) is 3.07. The molecule has 0 fully saturated rings. The molecule has 26 heavy (non-hydrogen) atoms. The molecule has 0 aliphatic rings. The van der Waals surface area contributed by atoms with E-state index in [1.807, 2.05) is 38.1 Å². The first-order valence-electron chi connectivity index (χ1n) is 8.17. The largest absolute Gasteiger partial charge is 0.494 e. The summed E-state index contributed by atoms with van der Waals surface area (Å²) in [7, 11) is 0. The number of hydrogen-bond acceptors (Lipinski definition) is 7. The molecule has 136 valence electrons. The van der Waals surface area contributed by atoms with Crippen LogP contribution in [0.5, 0.6) is 5.75 Å². The summed E-state index contributed by atoms with van der Waals surface area (Å²) in [6.45, 7) is 4.63. The van der Waals surface area contributed by atoms with E-state index < -0.39 is 0 Å². The summed E-state index contributed by atoms with van der Waals surface area (Å²) in [6, 6.07) is 11.0. The summed E-state index contributed by atoms with van der Waals surface area (Å²) in [4.78, 5) is 22.7. The number of hydrogen-bond donors (Lipinski definition) is 1. The highest BCUT2D eigenvalue weighted by Crippen LogP contribution is 2.22. The lowest BCUT2D eigenvalue weighted by Gasteiger charge is -2.22.